The molecule has 0 aliphatic carbocycles. The average Bonchev–Trinajstić information content (AvgIpc) is 2.78. The van der Waals surface area contributed by atoms with Crippen molar-refractivity contribution in [2.24, 2.45) is 12.2 Å². The number of rotatable bonds is 10. The van der Waals surface area contributed by atoms with Crippen molar-refractivity contribution in [2.45, 2.75) is 38.0 Å². The van der Waals surface area contributed by atoms with Gasteiger partial charge < -0.3 is 33.8 Å². The van der Waals surface area contributed by atoms with E-state index in [1.54, 1.807) is 0 Å². The topological polar surface area (TPSA) is 59.1 Å². The molecule has 34 heavy (non-hydrogen) atoms. The third kappa shape index (κ3) is 5.99. The maximum Gasteiger partial charge on any atom is 0.274 e. The van der Waals surface area contributed by atoms with E-state index in [1.165, 1.54) is 0 Å². The Labute approximate surface area is 217 Å². The van der Waals surface area contributed by atoms with E-state index in [1.807, 2.05) is 86.0 Å². The van der Waals surface area contributed by atoms with Crippen LogP contribution in [0.25, 0.3) is 32.2 Å². The molecule has 0 spiro atoms. The van der Waals surface area contributed by atoms with E-state index in [0.29, 0.717) is 30.2 Å². The largest absolute Gasteiger partial charge is 1.00 e. The number of pyridine rings is 1. The number of unbranched alkanes of at least 4 members (excludes halogenated alkanes) is 3. The van der Waals surface area contributed by atoms with E-state index in [4.69, 9.17) is 5.53 Å². The van der Waals surface area contributed by atoms with Crippen molar-refractivity contribution < 1.29 is 37.3 Å². The Morgan fingerprint density at radius 2 is 1.38 bits per heavy atom. The van der Waals surface area contributed by atoms with Crippen LogP contribution < -0.4 is 38.3 Å². The van der Waals surface area contributed by atoms with E-state index in [-0.39, 0.29) is 36.0 Å². The van der Waals surface area contributed by atoms with E-state index in [0.717, 1.165) is 35.2 Å². The minimum atomic E-state index is -2.96. The van der Waals surface area contributed by atoms with Crippen LogP contribution >= 0.6 is 0 Å². The molecule has 0 aliphatic rings. The summed E-state index contributed by atoms with van der Waals surface area (Å²) in [4.78, 5) is 6.69. The number of aryl methyl sites for hydroxylation is 1. The first-order valence-electron chi connectivity index (χ1n) is 11.3. The molecule has 184 valence electrons. The molecule has 3 rings (SSSR count). The van der Waals surface area contributed by atoms with Crippen LogP contribution in [0.15, 0.2) is 41.5 Å². The normalized spacial score (nSPS) is 11.3. The summed E-state index contributed by atoms with van der Waals surface area (Å²) in [6, 6.07) is 11.4. The number of aromatic nitrogens is 1. The predicted octanol–water partition coefficient (Wildman–Crippen LogP) is 3.31. The molecule has 0 saturated carbocycles. The zero-order valence-corrected chi connectivity index (χ0v) is 22.7. The molecule has 0 N–H and O–H groups in total. The zero-order valence-electron chi connectivity index (χ0n) is 20.5. The molecule has 0 fully saturated rings. The van der Waals surface area contributed by atoms with Gasteiger partial charge in [0.15, 0.2) is 0 Å². The minimum absolute atomic E-state index is 0. The van der Waals surface area contributed by atoms with Crippen LogP contribution in [0.2, 0.25) is 0 Å². The molecule has 9 heteroatoms. The van der Waals surface area contributed by atoms with Crippen LogP contribution in [-0.2, 0) is 13.0 Å². The van der Waals surface area contributed by atoms with Crippen molar-refractivity contribution in [3.05, 3.63) is 52.4 Å². The summed E-state index contributed by atoms with van der Waals surface area (Å²) >= 11 is 0. The zero-order chi connectivity index (χ0) is 24.2. The summed E-state index contributed by atoms with van der Waals surface area (Å²) in [7, 11) is 9.73. The van der Waals surface area contributed by atoms with Crippen LogP contribution in [-0.4, -0.2) is 34.7 Å². The van der Waals surface area contributed by atoms with Gasteiger partial charge in [-0.3, -0.25) is 0 Å². The molecule has 1 aromatic heterocycles. The lowest BCUT2D eigenvalue weighted by atomic mass is 9.93. The van der Waals surface area contributed by atoms with Crippen LogP contribution in [0.5, 0.6) is 0 Å². The third-order valence-electron chi connectivity index (χ3n) is 6.18. The highest BCUT2D eigenvalue weighted by molar-refractivity contribution is 5.97. The highest BCUT2D eigenvalue weighted by Crippen LogP contribution is 2.42. The Morgan fingerprint density at radius 1 is 0.882 bits per heavy atom. The molecule has 0 unspecified atom stereocenters. The van der Waals surface area contributed by atoms with Gasteiger partial charge in [-0.25, -0.2) is 8.78 Å². The fourth-order valence-electron chi connectivity index (χ4n) is 4.30. The minimum Gasteiger partial charge on any atom is -1.00 e. The van der Waals surface area contributed by atoms with Crippen LogP contribution in [0.3, 0.4) is 0 Å². The first-order valence-corrected chi connectivity index (χ1v) is 11.3. The van der Waals surface area contributed by atoms with Gasteiger partial charge in [-0.05, 0) is 42.6 Å². The van der Waals surface area contributed by atoms with Crippen molar-refractivity contribution in [1.82, 2.24) is 0 Å². The molecular weight excluding hydrogens is 549 g/mol. The number of alkyl halides is 2. The number of halogens is 3. The molecular formula is C25H33F2IN6. The molecule has 0 bridgehead atoms. The van der Waals surface area contributed by atoms with E-state index < -0.39 is 5.92 Å². The standard InChI is InChI=1S/C25H33F2N6.HI/c1-31(2)18-10-12-20-22(16-18)33(5)23-17-19(32(3)4)11-13-21(23)24(20)25(26,27)14-8-6-7-9-15-29-30-28;/h10-13,16-17H,6-9,14-15H2,1-5H3;1H/q+1;/p-1. The molecule has 0 aliphatic heterocycles. The maximum atomic E-state index is 15.8. The number of azide groups is 1. The van der Waals surface area contributed by atoms with Gasteiger partial charge in [-0.15, -0.1) is 0 Å². The van der Waals surface area contributed by atoms with E-state index in [2.05, 4.69) is 10.0 Å². The van der Waals surface area contributed by atoms with Gasteiger partial charge in [-0.2, -0.15) is 4.57 Å². The first kappa shape index (κ1) is 27.9. The van der Waals surface area contributed by atoms with Crippen LogP contribution in [0.1, 0.15) is 37.7 Å². The quantitative estimate of drug-likeness (QED) is 0.0701. The third-order valence-corrected chi connectivity index (χ3v) is 6.18. The van der Waals surface area contributed by atoms with Crippen molar-refractivity contribution in [3.8, 4) is 0 Å². The van der Waals surface area contributed by atoms with Gasteiger partial charge in [0.25, 0.3) is 5.92 Å². The van der Waals surface area contributed by atoms with Gasteiger partial charge in [-0.1, -0.05) is 18.0 Å². The second kappa shape index (κ2) is 11.8. The number of nitrogens with zero attached hydrogens (tertiary/aromatic N) is 6. The Balaban J connectivity index is 0.00000408. The summed E-state index contributed by atoms with van der Waals surface area (Å²) in [5.74, 6) is -2.96. The van der Waals surface area contributed by atoms with Crippen molar-refractivity contribution in [3.63, 3.8) is 0 Å². The van der Waals surface area contributed by atoms with Crippen LogP contribution in [0.4, 0.5) is 20.2 Å². The van der Waals surface area contributed by atoms with Crippen molar-refractivity contribution in [1.29, 1.82) is 0 Å². The first-order chi connectivity index (χ1) is 15.7. The molecule has 0 saturated heterocycles. The maximum absolute atomic E-state index is 15.8. The van der Waals surface area contributed by atoms with Gasteiger partial charge >= 0.3 is 0 Å². The highest BCUT2D eigenvalue weighted by atomic mass is 127. The molecule has 2 aromatic carbocycles. The number of hydrogen-bond donors (Lipinski definition) is 0. The molecule has 0 radical (unpaired) electrons. The van der Waals surface area contributed by atoms with Gasteiger partial charge in [0, 0.05) is 75.1 Å². The number of fused-ring (bicyclic) bond motifs is 2. The van der Waals surface area contributed by atoms with E-state index >= 15 is 8.78 Å². The number of anilines is 2. The molecule has 3 aromatic rings. The average molecular weight is 582 g/mol. The van der Waals surface area contributed by atoms with Gasteiger partial charge in [0.2, 0.25) is 11.0 Å². The van der Waals surface area contributed by atoms with Crippen molar-refractivity contribution >= 4 is 33.2 Å². The monoisotopic (exact) mass is 582 g/mol. The Morgan fingerprint density at radius 3 is 1.85 bits per heavy atom. The predicted molar refractivity (Wildman–Crippen MR) is 132 cm³/mol. The van der Waals surface area contributed by atoms with Gasteiger partial charge in [0.05, 0.1) is 10.8 Å². The molecule has 0 amide bonds. The molecule has 1 heterocycles. The second-order valence-corrected chi connectivity index (χ2v) is 8.95. The Bertz CT molecular complexity index is 1120. The fraction of sp³-hybridized carbons (Fsp3) is 0.480. The second-order valence-electron chi connectivity index (χ2n) is 8.95. The Kier molecular flexibility index (Phi) is 9.70. The SMILES string of the molecule is CN(C)c1ccc2c(C(F)(F)CCCCCCN=[N+]=[N-])c3ccc(N(C)C)cc3[n+](C)c2c1.[I-]. The molecule has 0 atom stereocenters. The summed E-state index contributed by atoms with van der Waals surface area (Å²) in [5, 5.41) is 4.67. The van der Waals surface area contributed by atoms with Crippen LogP contribution in [0, 0.1) is 0 Å². The summed E-state index contributed by atoms with van der Waals surface area (Å²) in [5.41, 5.74) is 12.0. The van der Waals surface area contributed by atoms with Crippen molar-refractivity contribution in [2.75, 3.05) is 44.5 Å². The summed E-state index contributed by atoms with van der Waals surface area (Å²) < 4.78 is 33.6. The van der Waals surface area contributed by atoms with Gasteiger partial charge in [0.1, 0.15) is 7.05 Å². The summed E-state index contributed by atoms with van der Waals surface area (Å²) in [6.07, 6.45) is 2.39. The fourth-order valence-corrected chi connectivity index (χ4v) is 4.30. The lowest BCUT2D eigenvalue weighted by molar-refractivity contribution is -0.617. The molecule has 6 nitrogen and oxygen atoms in total. The number of hydrogen-bond acceptors (Lipinski definition) is 3. The Hall–Kier alpha value is -2.39. The summed E-state index contributed by atoms with van der Waals surface area (Å²) in [6.45, 7) is 0.416. The lowest BCUT2D eigenvalue weighted by Gasteiger charge is -2.22. The number of benzene rings is 2. The lowest BCUT2D eigenvalue weighted by Crippen LogP contribution is -3.00. The van der Waals surface area contributed by atoms with E-state index in [9.17, 15) is 0 Å². The highest BCUT2D eigenvalue weighted by Gasteiger charge is 2.37. The smallest absolute Gasteiger partial charge is 0.274 e.